The van der Waals surface area contributed by atoms with Crippen molar-refractivity contribution in [3.63, 3.8) is 0 Å². The topological polar surface area (TPSA) is 112 Å². The Morgan fingerprint density at radius 3 is 2.50 bits per heavy atom. The lowest BCUT2D eigenvalue weighted by atomic mass is 10.3. The van der Waals surface area contributed by atoms with E-state index in [1.807, 2.05) is 4.98 Å². The fraction of sp³-hybridized carbons (Fsp3) is 0.0909. The normalized spacial score (nSPS) is 11.3. The molecule has 0 aliphatic carbocycles. The third-order valence-corrected chi connectivity index (χ3v) is 3.95. The van der Waals surface area contributed by atoms with Crippen LogP contribution < -0.4 is 16.0 Å². The number of aryl methyl sites for hydroxylation is 1. The highest BCUT2D eigenvalue weighted by Gasteiger charge is 2.22. The average Bonchev–Trinajstić information content (AvgIpc) is 2.25. The first-order valence-electron chi connectivity index (χ1n) is 5.41. The molecule has 0 amide bonds. The largest absolute Gasteiger partial charge is 0.325 e. The molecule has 20 heavy (non-hydrogen) atoms. The predicted molar refractivity (Wildman–Crippen MR) is 69.6 cm³/mol. The SMILES string of the molecule is Cc1[nH]c(=O)[nH]c(=O)c1S(=O)(=O)Nc1cccc(F)c1. The van der Waals surface area contributed by atoms with Gasteiger partial charge in [-0.25, -0.2) is 17.6 Å². The number of aromatic nitrogens is 2. The second kappa shape index (κ2) is 4.93. The maximum absolute atomic E-state index is 13.0. The van der Waals surface area contributed by atoms with Gasteiger partial charge in [0.1, 0.15) is 5.82 Å². The van der Waals surface area contributed by atoms with E-state index in [1.165, 1.54) is 19.1 Å². The van der Waals surface area contributed by atoms with Crippen LogP contribution in [0.25, 0.3) is 0 Å². The Kier molecular flexibility index (Phi) is 3.45. The van der Waals surface area contributed by atoms with E-state index in [-0.39, 0.29) is 11.4 Å². The molecule has 0 fully saturated rings. The first-order valence-corrected chi connectivity index (χ1v) is 6.89. The van der Waals surface area contributed by atoms with Gasteiger partial charge in [0.2, 0.25) is 0 Å². The van der Waals surface area contributed by atoms with Crippen molar-refractivity contribution in [1.29, 1.82) is 0 Å². The zero-order chi connectivity index (χ0) is 14.9. The number of sulfonamides is 1. The standard InChI is InChI=1S/C11H10FN3O4S/c1-6-9(10(16)14-11(17)13-6)20(18,19)15-8-4-2-3-7(12)5-8/h2-5,15H,1H3,(H2,13,14,16,17). The lowest BCUT2D eigenvalue weighted by Gasteiger charge is -2.08. The first kappa shape index (κ1) is 14.0. The summed E-state index contributed by atoms with van der Waals surface area (Å²) in [5.74, 6) is -0.628. The van der Waals surface area contributed by atoms with Crippen LogP contribution in [0.2, 0.25) is 0 Å². The Morgan fingerprint density at radius 1 is 1.20 bits per heavy atom. The molecule has 9 heteroatoms. The minimum atomic E-state index is -4.24. The molecule has 1 aromatic heterocycles. The van der Waals surface area contributed by atoms with Crippen molar-refractivity contribution < 1.29 is 12.8 Å². The van der Waals surface area contributed by atoms with Crippen LogP contribution in [-0.4, -0.2) is 18.4 Å². The average molecular weight is 299 g/mol. The van der Waals surface area contributed by atoms with Crippen molar-refractivity contribution >= 4 is 15.7 Å². The Morgan fingerprint density at radius 2 is 1.90 bits per heavy atom. The Bertz CT molecular complexity index is 870. The molecule has 3 N–H and O–H groups in total. The quantitative estimate of drug-likeness (QED) is 0.757. The predicted octanol–water partition coefficient (Wildman–Crippen LogP) is 0.312. The first-order chi connectivity index (χ1) is 9.29. The monoisotopic (exact) mass is 299 g/mol. The second-order valence-electron chi connectivity index (χ2n) is 3.98. The van der Waals surface area contributed by atoms with E-state index in [4.69, 9.17) is 0 Å². The summed E-state index contributed by atoms with van der Waals surface area (Å²) in [6.07, 6.45) is 0. The molecule has 0 spiro atoms. The fourth-order valence-electron chi connectivity index (χ4n) is 1.67. The highest BCUT2D eigenvalue weighted by atomic mass is 32.2. The Labute approximate surface area is 112 Å². The number of nitrogens with one attached hydrogen (secondary N) is 3. The van der Waals surface area contributed by atoms with E-state index in [1.54, 1.807) is 0 Å². The van der Waals surface area contributed by atoms with Gasteiger partial charge in [-0.2, -0.15) is 0 Å². The van der Waals surface area contributed by atoms with Gasteiger partial charge in [0.25, 0.3) is 15.6 Å². The number of hydrogen-bond acceptors (Lipinski definition) is 4. The maximum atomic E-state index is 13.0. The van der Waals surface area contributed by atoms with Gasteiger partial charge in [-0.05, 0) is 25.1 Å². The summed E-state index contributed by atoms with van der Waals surface area (Å²) in [6.45, 7) is 1.27. The number of H-pyrrole nitrogens is 2. The van der Waals surface area contributed by atoms with Gasteiger partial charge in [0.05, 0.1) is 5.69 Å². The molecule has 106 valence electrons. The van der Waals surface area contributed by atoms with Crippen molar-refractivity contribution in [3.8, 4) is 0 Å². The molecule has 2 aromatic rings. The van der Waals surface area contributed by atoms with Gasteiger partial charge < -0.3 is 4.98 Å². The summed E-state index contributed by atoms with van der Waals surface area (Å²) in [5, 5.41) is 0. The Hall–Kier alpha value is -2.42. The molecule has 1 heterocycles. The van der Waals surface area contributed by atoms with Gasteiger partial charge in [-0.15, -0.1) is 0 Å². The Balaban J connectivity index is 2.52. The van der Waals surface area contributed by atoms with Crippen molar-refractivity contribution in [1.82, 2.24) is 9.97 Å². The lowest BCUT2D eigenvalue weighted by molar-refractivity contribution is 0.597. The van der Waals surface area contributed by atoms with Crippen LogP contribution in [0.15, 0.2) is 38.8 Å². The molecule has 1 aromatic carbocycles. The second-order valence-corrected chi connectivity index (χ2v) is 5.60. The molecular weight excluding hydrogens is 289 g/mol. The highest BCUT2D eigenvalue weighted by molar-refractivity contribution is 7.92. The van der Waals surface area contributed by atoms with Gasteiger partial charge in [0.15, 0.2) is 4.90 Å². The highest BCUT2D eigenvalue weighted by Crippen LogP contribution is 2.15. The number of hydrogen-bond donors (Lipinski definition) is 3. The van der Waals surface area contributed by atoms with Crippen LogP contribution in [0.4, 0.5) is 10.1 Å². The van der Waals surface area contributed by atoms with Crippen molar-refractivity contribution in [2.75, 3.05) is 4.72 Å². The van der Waals surface area contributed by atoms with Crippen LogP contribution in [-0.2, 0) is 10.0 Å². The van der Waals surface area contributed by atoms with Crippen molar-refractivity contribution in [2.24, 2.45) is 0 Å². The molecule has 0 aliphatic rings. The molecule has 7 nitrogen and oxygen atoms in total. The van der Waals surface area contributed by atoms with Crippen molar-refractivity contribution in [3.05, 3.63) is 56.6 Å². The zero-order valence-corrected chi connectivity index (χ0v) is 11.0. The van der Waals surface area contributed by atoms with Crippen LogP contribution in [0.5, 0.6) is 0 Å². The van der Waals surface area contributed by atoms with Gasteiger partial charge in [0, 0.05) is 5.69 Å². The summed E-state index contributed by atoms with van der Waals surface area (Å²) in [6, 6.07) is 4.76. The number of rotatable bonds is 3. The molecule has 0 bridgehead atoms. The van der Waals surface area contributed by atoms with Crippen LogP contribution in [0.1, 0.15) is 5.69 Å². The fourth-order valence-corrected chi connectivity index (χ4v) is 2.96. The molecule has 2 rings (SSSR count). The molecule has 0 radical (unpaired) electrons. The molecule has 0 saturated heterocycles. The van der Waals surface area contributed by atoms with Gasteiger partial charge in [-0.3, -0.25) is 14.5 Å². The van der Waals surface area contributed by atoms with Gasteiger partial charge >= 0.3 is 5.69 Å². The number of aromatic amines is 2. The van der Waals surface area contributed by atoms with E-state index in [2.05, 4.69) is 9.71 Å². The molecular formula is C11H10FN3O4S. The molecule has 0 unspecified atom stereocenters. The van der Waals surface area contributed by atoms with E-state index in [9.17, 15) is 22.4 Å². The van der Waals surface area contributed by atoms with E-state index in [0.29, 0.717) is 0 Å². The summed E-state index contributed by atoms with van der Waals surface area (Å²) in [5.41, 5.74) is -2.00. The summed E-state index contributed by atoms with van der Waals surface area (Å²) < 4.78 is 39.3. The van der Waals surface area contributed by atoms with Gasteiger partial charge in [-0.1, -0.05) is 6.07 Å². The zero-order valence-electron chi connectivity index (χ0n) is 10.2. The number of benzene rings is 1. The minimum absolute atomic E-state index is 0.0324. The summed E-state index contributed by atoms with van der Waals surface area (Å²) in [7, 11) is -4.24. The molecule has 0 aliphatic heterocycles. The lowest BCUT2D eigenvalue weighted by Crippen LogP contribution is -2.31. The number of halogens is 1. The van der Waals surface area contributed by atoms with E-state index in [0.717, 1.165) is 12.1 Å². The van der Waals surface area contributed by atoms with Crippen molar-refractivity contribution in [2.45, 2.75) is 11.8 Å². The van der Waals surface area contributed by atoms with Crippen LogP contribution in [0.3, 0.4) is 0 Å². The molecule has 0 saturated carbocycles. The van der Waals surface area contributed by atoms with E-state index < -0.39 is 32.0 Å². The summed E-state index contributed by atoms with van der Waals surface area (Å²) in [4.78, 5) is 26.0. The maximum Gasteiger partial charge on any atom is 0.325 e. The minimum Gasteiger partial charge on any atom is -0.310 e. The summed E-state index contributed by atoms with van der Waals surface area (Å²) >= 11 is 0. The van der Waals surface area contributed by atoms with Crippen LogP contribution >= 0.6 is 0 Å². The third-order valence-electron chi connectivity index (χ3n) is 2.42. The van der Waals surface area contributed by atoms with Crippen LogP contribution in [0, 0.1) is 12.7 Å². The third kappa shape index (κ3) is 2.77. The van der Waals surface area contributed by atoms with E-state index >= 15 is 0 Å². The molecule has 0 atom stereocenters. The number of anilines is 1. The smallest absolute Gasteiger partial charge is 0.310 e.